The van der Waals surface area contributed by atoms with E-state index in [1.807, 2.05) is 0 Å². The molecule has 3 N–H and O–H groups in total. The molecule has 0 bridgehead atoms. The molecule has 3 rings (SSSR count). The van der Waals surface area contributed by atoms with Crippen LogP contribution in [0.1, 0.15) is 12.5 Å². The zero-order valence-electron chi connectivity index (χ0n) is 13.8. The summed E-state index contributed by atoms with van der Waals surface area (Å²) in [4.78, 5) is 12.1. The molecule has 26 heavy (non-hydrogen) atoms. The van der Waals surface area contributed by atoms with Crippen LogP contribution in [0.3, 0.4) is 0 Å². The number of hydrogen-bond donors (Lipinski definition) is 2. The van der Waals surface area contributed by atoms with E-state index in [1.54, 1.807) is 17.1 Å². The number of rotatable bonds is 7. The lowest BCUT2D eigenvalue weighted by Gasteiger charge is -2.18. The Morgan fingerprint density at radius 2 is 2.12 bits per heavy atom. The fourth-order valence-corrected chi connectivity index (χ4v) is 3.12. The third-order valence-electron chi connectivity index (χ3n) is 3.93. The van der Waals surface area contributed by atoms with Crippen LogP contribution in [-0.4, -0.2) is 55.2 Å². The average molecular weight is 381 g/mol. The highest BCUT2D eigenvalue weighted by Gasteiger charge is 2.31. The summed E-state index contributed by atoms with van der Waals surface area (Å²) in [7, 11) is -3.73. The lowest BCUT2D eigenvalue weighted by atomic mass is 10.1. The highest BCUT2D eigenvalue weighted by molar-refractivity contribution is 7.89. The van der Waals surface area contributed by atoms with Crippen LogP contribution in [0, 0.1) is 0 Å². The number of amides is 1. The Labute approximate surface area is 150 Å². The summed E-state index contributed by atoms with van der Waals surface area (Å²) < 4.78 is 34.9. The SMILES string of the molecule is NS(=O)(=O)c1ccc(OCCC(=O)N[C@H]2COC[C@H]2n2ccnn2)cc1. The Bertz CT molecular complexity index is 838. The normalized spacial score (nSPS) is 20.0. The number of hydrogen-bond acceptors (Lipinski definition) is 7. The first-order valence-electron chi connectivity index (χ1n) is 7.92. The van der Waals surface area contributed by atoms with Crippen molar-refractivity contribution in [1.82, 2.24) is 20.3 Å². The molecule has 140 valence electrons. The maximum atomic E-state index is 12.1. The van der Waals surface area contributed by atoms with E-state index in [9.17, 15) is 13.2 Å². The van der Waals surface area contributed by atoms with Gasteiger partial charge < -0.3 is 14.8 Å². The van der Waals surface area contributed by atoms with Gasteiger partial charge in [0.05, 0.1) is 49.4 Å². The van der Waals surface area contributed by atoms with Crippen molar-refractivity contribution in [1.29, 1.82) is 0 Å². The predicted molar refractivity (Wildman–Crippen MR) is 89.7 cm³/mol. The van der Waals surface area contributed by atoms with Crippen LogP contribution in [0.4, 0.5) is 0 Å². The molecule has 2 atom stereocenters. The number of primary sulfonamides is 1. The van der Waals surface area contributed by atoms with E-state index < -0.39 is 10.0 Å². The summed E-state index contributed by atoms with van der Waals surface area (Å²) in [6.07, 6.45) is 3.45. The summed E-state index contributed by atoms with van der Waals surface area (Å²) >= 11 is 0. The van der Waals surface area contributed by atoms with Crippen LogP contribution in [0.25, 0.3) is 0 Å². The fraction of sp³-hybridized carbons (Fsp3) is 0.400. The van der Waals surface area contributed by atoms with Crippen LogP contribution < -0.4 is 15.2 Å². The van der Waals surface area contributed by atoms with E-state index in [0.717, 1.165) is 0 Å². The van der Waals surface area contributed by atoms with E-state index in [4.69, 9.17) is 14.6 Å². The van der Waals surface area contributed by atoms with Gasteiger partial charge in [-0.3, -0.25) is 4.79 Å². The first-order valence-corrected chi connectivity index (χ1v) is 9.47. The highest BCUT2D eigenvalue weighted by Crippen LogP contribution is 2.18. The number of sulfonamides is 1. The van der Waals surface area contributed by atoms with Gasteiger partial charge in [0, 0.05) is 6.20 Å². The Balaban J connectivity index is 1.46. The van der Waals surface area contributed by atoms with Crippen molar-refractivity contribution >= 4 is 15.9 Å². The molecule has 2 aromatic rings. The molecule has 1 fully saturated rings. The van der Waals surface area contributed by atoms with Gasteiger partial charge in [-0.25, -0.2) is 18.2 Å². The van der Waals surface area contributed by atoms with Crippen molar-refractivity contribution in [3.05, 3.63) is 36.7 Å². The summed E-state index contributed by atoms with van der Waals surface area (Å²) in [5, 5.41) is 15.6. The summed E-state index contributed by atoms with van der Waals surface area (Å²) in [6.45, 7) is 1.02. The van der Waals surface area contributed by atoms with Gasteiger partial charge in [-0.1, -0.05) is 5.21 Å². The predicted octanol–water partition coefficient (Wildman–Crippen LogP) is -0.549. The number of carbonyl (C=O) groups excluding carboxylic acids is 1. The molecular weight excluding hydrogens is 362 g/mol. The minimum atomic E-state index is -3.73. The third kappa shape index (κ3) is 4.56. The second kappa shape index (κ2) is 7.81. The lowest BCUT2D eigenvalue weighted by molar-refractivity contribution is -0.122. The van der Waals surface area contributed by atoms with E-state index in [1.165, 1.54) is 24.3 Å². The van der Waals surface area contributed by atoms with Gasteiger partial charge in [0.25, 0.3) is 0 Å². The quantitative estimate of drug-likeness (QED) is 0.656. The van der Waals surface area contributed by atoms with Crippen molar-refractivity contribution in [2.75, 3.05) is 19.8 Å². The Morgan fingerprint density at radius 3 is 2.77 bits per heavy atom. The van der Waals surface area contributed by atoms with Gasteiger partial charge in [0.15, 0.2) is 0 Å². The van der Waals surface area contributed by atoms with Gasteiger partial charge in [0.2, 0.25) is 15.9 Å². The lowest BCUT2D eigenvalue weighted by Crippen LogP contribution is -2.41. The van der Waals surface area contributed by atoms with Gasteiger partial charge >= 0.3 is 0 Å². The molecule has 0 unspecified atom stereocenters. The average Bonchev–Trinajstić information content (AvgIpc) is 3.25. The van der Waals surface area contributed by atoms with Crippen molar-refractivity contribution < 1.29 is 22.7 Å². The van der Waals surface area contributed by atoms with Gasteiger partial charge in [-0.15, -0.1) is 5.10 Å². The standard InChI is InChI=1S/C15H19N5O5S/c16-26(22,23)12-3-1-11(2-4-12)25-8-5-15(21)18-13-9-24-10-14(13)20-7-6-17-19-20/h1-4,6-7,13-14H,5,8-10H2,(H,18,21)(H2,16,22,23)/t13-,14+/m0/s1. The number of nitrogens with two attached hydrogens (primary N) is 1. The zero-order chi connectivity index (χ0) is 18.6. The molecule has 2 heterocycles. The van der Waals surface area contributed by atoms with Crippen molar-refractivity contribution in [2.24, 2.45) is 5.14 Å². The molecule has 0 saturated carbocycles. The number of nitrogens with one attached hydrogen (secondary N) is 1. The zero-order valence-corrected chi connectivity index (χ0v) is 14.6. The van der Waals surface area contributed by atoms with Crippen molar-refractivity contribution in [3.63, 3.8) is 0 Å². The van der Waals surface area contributed by atoms with Crippen LogP contribution in [0.15, 0.2) is 41.6 Å². The van der Waals surface area contributed by atoms with Gasteiger partial charge in [-0.05, 0) is 24.3 Å². The first kappa shape index (κ1) is 18.3. The molecule has 11 heteroatoms. The van der Waals surface area contributed by atoms with E-state index in [2.05, 4.69) is 15.6 Å². The third-order valence-corrected chi connectivity index (χ3v) is 4.86. The van der Waals surface area contributed by atoms with E-state index in [-0.39, 0.29) is 35.9 Å². The Kier molecular flexibility index (Phi) is 5.49. The topological polar surface area (TPSA) is 138 Å². The molecule has 1 aliphatic heterocycles. The molecule has 1 saturated heterocycles. The molecule has 1 amide bonds. The summed E-state index contributed by atoms with van der Waals surface area (Å²) in [5.41, 5.74) is 0. The smallest absolute Gasteiger partial charge is 0.238 e. The molecule has 1 aliphatic rings. The molecule has 1 aromatic heterocycles. The van der Waals surface area contributed by atoms with E-state index >= 15 is 0 Å². The highest BCUT2D eigenvalue weighted by atomic mass is 32.2. The van der Waals surface area contributed by atoms with Crippen molar-refractivity contribution in [3.8, 4) is 5.75 Å². The molecule has 1 aromatic carbocycles. The molecule has 0 aliphatic carbocycles. The molecule has 0 spiro atoms. The summed E-state index contributed by atoms with van der Waals surface area (Å²) in [6, 6.07) is 5.41. The maximum Gasteiger partial charge on any atom is 0.238 e. The monoisotopic (exact) mass is 381 g/mol. The summed E-state index contributed by atoms with van der Waals surface area (Å²) in [5.74, 6) is 0.279. The number of nitrogens with zero attached hydrogens (tertiary/aromatic N) is 3. The molecule has 10 nitrogen and oxygen atoms in total. The first-order chi connectivity index (χ1) is 12.4. The number of aromatic nitrogens is 3. The van der Waals surface area contributed by atoms with Crippen molar-refractivity contribution in [2.45, 2.75) is 23.4 Å². The number of ether oxygens (including phenoxy) is 2. The Morgan fingerprint density at radius 1 is 1.35 bits per heavy atom. The molecule has 0 radical (unpaired) electrons. The minimum Gasteiger partial charge on any atom is -0.493 e. The van der Waals surface area contributed by atoms with Crippen LogP contribution in [-0.2, 0) is 19.6 Å². The van der Waals surface area contributed by atoms with Gasteiger partial charge in [0.1, 0.15) is 5.75 Å². The van der Waals surface area contributed by atoms with Crippen LogP contribution >= 0.6 is 0 Å². The largest absolute Gasteiger partial charge is 0.493 e. The second-order valence-corrected chi connectivity index (χ2v) is 7.34. The second-order valence-electron chi connectivity index (χ2n) is 5.78. The molecular formula is C15H19N5O5S. The Hall–Kier alpha value is -2.50. The fourth-order valence-electron chi connectivity index (χ4n) is 2.60. The van der Waals surface area contributed by atoms with Gasteiger partial charge in [-0.2, -0.15) is 0 Å². The minimum absolute atomic E-state index is 0.00276. The van der Waals surface area contributed by atoms with Crippen LogP contribution in [0.2, 0.25) is 0 Å². The van der Waals surface area contributed by atoms with E-state index in [0.29, 0.717) is 19.0 Å². The number of carbonyl (C=O) groups is 1. The number of benzene rings is 1. The van der Waals surface area contributed by atoms with Crippen LogP contribution in [0.5, 0.6) is 5.75 Å². The maximum absolute atomic E-state index is 12.1.